The number of anilines is 1. The molecule has 0 aliphatic carbocycles. The van der Waals surface area contributed by atoms with Gasteiger partial charge in [0.15, 0.2) is 11.6 Å². The van der Waals surface area contributed by atoms with Gasteiger partial charge in [-0.2, -0.15) is 0 Å². The average molecular weight is 226 g/mol. The van der Waals surface area contributed by atoms with Crippen LogP contribution in [0.1, 0.15) is 6.42 Å². The van der Waals surface area contributed by atoms with Crippen molar-refractivity contribution in [2.75, 3.05) is 18.9 Å². The molecule has 86 valence electrons. The van der Waals surface area contributed by atoms with Crippen molar-refractivity contribution in [1.82, 2.24) is 4.90 Å². The number of nitrogens with one attached hydrogen (secondary N) is 1. The summed E-state index contributed by atoms with van der Waals surface area (Å²) < 4.78 is 26.2. The Balaban J connectivity index is 2.16. The van der Waals surface area contributed by atoms with Crippen molar-refractivity contribution >= 4 is 11.6 Å². The summed E-state index contributed by atoms with van der Waals surface area (Å²) in [6, 6.07) is 3.41. The maximum atomic E-state index is 13.3. The van der Waals surface area contributed by atoms with Crippen molar-refractivity contribution in [2.24, 2.45) is 0 Å². The zero-order chi connectivity index (χ0) is 11.7. The van der Waals surface area contributed by atoms with Crippen LogP contribution in [0, 0.1) is 11.6 Å². The predicted molar refractivity (Wildman–Crippen MR) is 56.0 cm³/mol. The molecule has 2 rings (SSSR count). The van der Waals surface area contributed by atoms with E-state index in [1.165, 1.54) is 12.1 Å². The first-order valence-corrected chi connectivity index (χ1v) is 5.05. The van der Waals surface area contributed by atoms with Gasteiger partial charge in [0.05, 0.1) is 5.69 Å². The van der Waals surface area contributed by atoms with E-state index >= 15 is 0 Å². The van der Waals surface area contributed by atoms with Gasteiger partial charge in [0.1, 0.15) is 6.04 Å². The summed E-state index contributed by atoms with van der Waals surface area (Å²) >= 11 is 0. The fraction of sp³-hybridized carbons (Fsp3) is 0.364. The number of likely N-dealkylation sites (tertiary alicyclic amines) is 1. The fourth-order valence-electron chi connectivity index (χ4n) is 1.76. The molecule has 1 unspecified atom stereocenters. The standard InChI is InChI=1S/C11H12F2N2O/c1-15-6-5-9(11(15)16)14-8-4-2-3-7(12)10(8)13/h2-4,9,14H,5-6H2,1H3. The molecular weight excluding hydrogens is 214 g/mol. The SMILES string of the molecule is CN1CCC(Nc2cccc(F)c2F)C1=O. The van der Waals surface area contributed by atoms with Crippen LogP contribution in [0.15, 0.2) is 18.2 Å². The van der Waals surface area contributed by atoms with E-state index in [9.17, 15) is 13.6 Å². The van der Waals surface area contributed by atoms with Crippen molar-refractivity contribution in [1.29, 1.82) is 0 Å². The average Bonchev–Trinajstić information content (AvgIpc) is 2.57. The first-order valence-electron chi connectivity index (χ1n) is 5.05. The normalized spacial score (nSPS) is 20.3. The second-order valence-electron chi connectivity index (χ2n) is 3.85. The molecule has 0 spiro atoms. The van der Waals surface area contributed by atoms with E-state index < -0.39 is 17.7 Å². The van der Waals surface area contributed by atoms with Crippen molar-refractivity contribution in [3.8, 4) is 0 Å². The monoisotopic (exact) mass is 226 g/mol. The number of carbonyl (C=O) groups excluding carboxylic acids is 1. The Hall–Kier alpha value is -1.65. The molecule has 0 saturated carbocycles. The predicted octanol–water partition coefficient (Wildman–Crippen LogP) is 1.61. The summed E-state index contributed by atoms with van der Waals surface area (Å²) in [5.74, 6) is -1.95. The molecule has 1 aromatic carbocycles. The quantitative estimate of drug-likeness (QED) is 0.830. The molecule has 1 aromatic rings. The minimum Gasteiger partial charge on any atom is -0.371 e. The molecule has 0 aromatic heterocycles. The van der Waals surface area contributed by atoms with Crippen LogP contribution in [0.4, 0.5) is 14.5 Å². The highest BCUT2D eigenvalue weighted by Crippen LogP contribution is 2.20. The maximum absolute atomic E-state index is 13.3. The second-order valence-corrected chi connectivity index (χ2v) is 3.85. The number of amides is 1. The van der Waals surface area contributed by atoms with Crippen LogP contribution in [0.5, 0.6) is 0 Å². The lowest BCUT2D eigenvalue weighted by Crippen LogP contribution is -2.31. The number of nitrogens with zero attached hydrogens (tertiary/aromatic N) is 1. The first-order chi connectivity index (χ1) is 7.59. The van der Waals surface area contributed by atoms with Crippen LogP contribution in [-0.4, -0.2) is 30.4 Å². The van der Waals surface area contributed by atoms with Crippen LogP contribution in [0.3, 0.4) is 0 Å². The third-order valence-electron chi connectivity index (χ3n) is 2.71. The minimum atomic E-state index is -0.940. The molecule has 1 amide bonds. The molecule has 1 heterocycles. The van der Waals surface area contributed by atoms with Gasteiger partial charge in [-0.25, -0.2) is 8.78 Å². The van der Waals surface area contributed by atoms with E-state index in [0.717, 1.165) is 6.07 Å². The van der Waals surface area contributed by atoms with Crippen molar-refractivity contribution in [3.63, 3.8) is 0 Å². The van der Waals surface area contributed by atoms with Gasteiger partial charge < -0.3 is 10.2 Å². The van der Waals surface area contributed by atoms with Crippen molar-refractivity contribution in [2.45, 2.75) is 12.5 Å². The Morgan fingerprint density at radius 3 is 2.81 bits per heavy atom. The highest BCUT2D eigenvalue weighted by Gasteiger charge is 2.29. The van der Waals surface area contributed by atoms with Gasteiger partial charge in [-0.3, -0.25) is 4.79 Å². The Bertz CT molecular complexity index is 422. The number of hydrogen-bond acceptors (Lipinski definition) is 2. The summed E-state index contributed by atoms with van der Waals surface area (Å²) in [4.78, 5) is 13.1. The maximum Gasteiger partial charge on any atom is 0.244 e. The Morgan fingerprint density at radius 2 is 2.19 bits per heavy atom. The lowest BCUT2D eigenvalue weighted by Gasteiger charge is -2.14. The number of halogens is 2. The summed E-state index contributed by atoms with van der Waals surface area (Å²) in [5, 5.41) is 2.72. The van der Waals surface area contributed by atoms with E-state index in [1.807, 2.05) is 0 Å². The number of hydrogen-bond donors (Lipinski definition) is 1. The zero-order valence-corrected chi connectivity index (χ0v) is 8.84. The molecular formula is C11H12F2N2O. The Morgan fingerprint density at radius 1 is 1.44 bits per heavy atom. The minimum absolute atomic E-state index is 0.0358. The first kappa shape index (κ1) is 10.9. The molecule has 1 aliphatic heterocycles. The van der Waals surface area contributed by atoms with Crippen molar-refractivity contribution in [3.05, 3.63) is 29.8 Å². The van der Waals surface area contributed by atoms with Gasteiger partial charge in [0, 0.05) is 13.6 Å². The summed E-state index contributed by atoms with van der Waals surface area (Å²) in [7, 11) is 1.69. The molecule has 1 N–H and O–H groups in total. The van der Waals surface area contributed by atoms with Crippen LogP contribution >= 0.6 is 0 Å². The highest BCUT2D eigenvalue weighted by molar-refractivity contribution is 5.86. The van der Waals surface area contributed by atoms with Crippen LogP contribution in [0.2, 0.25) is 0 Å². The zero-order valence-electron chi connectivity index (χ0n) is 8.84. The lowest BCUT2D eigenvalue weighted by molar-refractivity contribution is -0.127. The molecule has 1 atom stereocenters. The molecule has 5 heteroatoms. The number of likely N-dealkylation sites (N-methyl/N-ethyl adjacent to an activating group) is 1. The van der Waals surface area contributed by atoms with E-state index in [2.05, 4.69) is 5.32 Å². The number of carbonyl (C=O) groups is 1. The van der Waals surface area contributed by atoms with Crippen LogP contribution in [-0.2, 0) is 4.79 Å². The van der Waals surface area contributed by atoms with Crippen molar-refractivity contribution < 1.29 is 13.6 Å². The van der Waals surface area contributed by atoms with Crippen LogP contribution < -0.4 is 5.32 Å². The van der Waals surface area contributed by atoms with Gasteiger partial charge >= 0.3 is 0 Å². The molecule has 1 aliphatic rings. The largest absolute Gasteiger partial charge is 0.371 e. The molecule has 1 saturated heterocycles. The van der Waals surface area contributed by atoms with Crippen LogP contribution in [0.25, 0.3) is 0 Å². The van der Waals surface area contributed by atoms with E-state index in [0.29, 0.717) is 13.0 Å². The topological polar surface area (TPSA) is 32.3 Å². The number of rotatable bonds is 2. The van der Waals surface area contributed by atoms with E-state index in [4.69, 9.17) is 0 Å². The molecule has 1 fully saturated rings. The summed E-state index contributed by atoms with van der Waals surface area (Å²) in [5.41, 5.74) is 0.0358. The molecule has 0 bridgehead atoms. The number of benzene rings is 1. The van der Waals surface area contributed by atoms with E-state index in [1.54, 1.807) is 11.9 Å². The third-order valence-corrected chi connectivity index (χ3v) is 2.71. The Kier molecular flexibility index (Phi) is 2.77. The van der Waals surface area contributed by atoms with Gasteiger partial charge in [0.25, 0.3) is 0 Å². The molecule has 3 nitrogen and oxygen atoms in total. The van der Waals surface area contributed by atoms with Gasteiger partial charge in [-0.15, -0.1) is 0 Å². The summed E-state index contributed by atoms with van der Waals surface area (Å²) in [6.45, 7) is 0.632. The smallest absolute Gasteiger partial charge is 0.244 e. The Labute approximate surface area is 92.1 Å². The third kappa shape index (κ3) is 1.85. The van der Waals surface area contributed by atoms with E-state index in [-0.39, 0.29) is 11.6 Å². The van der Waals surface area contributed by atoms with Gasteiger partial charge in [-0.1, -0.05) is 6.07 Å². The fourth-order valence-corrected chi connectivity index (χ4v) is 1.76. The lowest BCUT2D eigenvalue weighted by atomic mass is 10.2. The highest BCUT2D eigenvalue weighted by atomic mass is 19.2. The molecule has 16 heavy (non-hydrogen) atoms. The second kappa shape index (κ2) is 4.08. The molecule has 0 radical (unpaired) electrons. The van der Waals surface area contributed by atoms with Gasteiger partial charge in [0.2, 0.25) is 5.91 Å². The van der Waals surface area contributed by atoms with Gasteiger partial charge in [-0.05, 0) is 18.6 Å². The summed E-state index contributed by atoms with van der Waals surface area (Å²) in [6.07, 6.45) is 0.602.